The molecule has 0 bridgehead atoms. The molecule has 0 radical (unpaired) electrons. The van der Waals surface area contributed by atoms with Gasteiger partial charge in [0.05, 0.1) is 6.54 Å². The van der Waals surface area contributed by atoms with Crippen LogP contribution in [0.2, 0.25) is 0 Å². The minimum absolute atomic E-state index is 0.101. The van der Waals surface area contributed by atoms with Gasteiger partial charge >= 0.3 is 0 Å². The van der Waals surface area contributed by atoms with Crippen molar-refractivity contribution in [3.8, 4) is 0 Å². The van der Waals surface area contributed by atoms with Crippen LogP contribution >= 0.6 is 0 Å². The Kier molecular flexibility index (Phi) is 13.3. The van der Waals surface area contributed by atoms with Crippen molar-refractivity contribution in [1.29, 1.82) is 0 Å². The van der Waals surface area contributed by atoms with Crippen molar-refractivity contribution >= 4 is 17.7 Å². The molecule has 0 aromatic carbocycles. The number of unbranched alkanes of at least 4 members (excludes halogenated alkanes) is 4. The molecule has 3 amide bonds. The highest BCUT2D eigenvalue weighted by Gasteiger charge is 2.03. The molecule has 0 aliphatic rings. The number of hydrogen-bond donors (Lipinski definition) is 4. The van der Waals surface area contributed by atoms with Crippen LogP contribution in [0.4, 0.5) is 0 Å². The molecule has 0 saturated carbocycles. The van der Waals surface area contributed by atoms with E-state index in [2.05, 4.69) is 16.0 Å². The van der Waals surface area contributed by atoms with Gasteiger partial charge in [-0.2, -0.15) is 0 Å². The molecule has 0 unspecified atom stereocenters. The quantitative estimate of drug-likeness (QED) is 0.339. The van der Waals surface area contributed by atoms with Crippen molar-refractivity contribution in [1.82, 2.24) is 16.0 Å². The molecule has 22 heavy (non-hydrogen) atoms. The molecule has 5 N–H and O–H groups in total. The van der Waals surface area contributed by atoms with Crippen molar-refractivity contribution < 1.29 is 14.4 Å². The summed E-state index contributed by atoms with van der Waals surface area (Å²) in [5.74, 6) is -0.602. The van der Waals surface area contributed by atoms with Crippen molar-refractivity contribution in [2.75, 3.05) is 26.7 Å². The molecule has 7 heteroatoms. The van der Waals surface area contributed by atoms with E-state index in [0.717, 1.165) is 45.1 Å². The second-order valence-corrected chi connectivity index (χ2v) is 5.32. The zero-order chi connectivity index (χ0) is 16.6. The highest BCUT2D eigenvalue weighted by molar-refractivity contribution is 5.83. The van der Waals surface area contributed by atoms with Gasteiger partial charge in [0.15, 0.2) is 0 Å². The van der Waals surface area contributed by atoms with E-state index in [-0.39, 0.29) is 18.4 Å². The molecule has 0 aliphatic heterocycles. The smallest absolute Gasteiger partial charge is 0.236 e. The predicted octanol–water partition coefficient (Wildman–Crippen LogP) is 0.0443. The Morgan fingerprint density at radius 1 is 0.773 bits per heavy atom. The number of nitrogens with two attached hydrogens (primary N) is 1. The number of rotatable bonds is 14. The monoisotopic (exact) mass is 314 g/mol. The number of primary amides is 1. The SMILES string of the molecule is CNCCCCCC(=O)NCCCCCC(=O)NCC(N)=O. The lowest BCUT2D eigenvalue weighted by molar-refractivity contribution is -0.124. The zero-order valence-electron chi connectivity index (χ0n) is 13.6. The van der Waals surface area contributed by atoms with Gasteiger partial charge in [-0.25, -0.2) is 0 Å². The van der Waals surface area contributed by atoms with Crippen LogP contribution in [0.5, 0.6) is 0 Å². The third-order valence-corrected chi connectivity index (χ3v) is 3.19. The summed E-state index contributed by atoms with van der Waals surface area (Å²) in [7, 11) is 1.92. The van der Waals surface area contributed by atoms with Crippen molar-refractivity contribution in [3.05, 3.63) is 0 Å². The first-order valence-electron chi connectivity index (χ1n) is 8.02. The standard InChI is InChI=1S/C15H30N4O3/c1-17-10-6-2-4-8-14(21)18-11-7-3-5-9-15(22)19-12-13(16)20/h17H,2-12H2,1H3,(H2,16,20)(H,18,21)(H,19,22). The van der Waals surface area contributed by atoms with E-state index in [1.807, 2.05) is 7.05 Å². The molecule has 0 saturated heterocycles. The molecule has 0 heterocycles. The summed E-state index contributed by atoms with van der Waals surface area (Å²) >= 11 is 0. The second kappa shape index (κ2) is 14.3. The average molecular weight is 314 g/mol. The minimum Gasteiger partial charge on any atom is -0.368 e. The molecule has 0 aromatic rings. The van der Waals surface area contributed by atoms with E-state index >= 15 is 0 Å². The van der Waals surface area contributed by atoms with Crippen LogP contribution in [0.15, 0.2) is 0 Å². The summed E-state index contributed by atoms with van der Waals surface area (Å²) in [5, 5.41) is 8.41. The molecule has 0 rings (SSSR count). The Labute approximate surface area is 132 Å². The fourth-order valence-electron chi connectivity index (χ4n) is 1.94. The van der Waals surface area contributed by atoms with Gasteiger partial charge in [-0.3, -0.25) is 14.4 Å². The molecule has 128 valence electrons. The van der Waals surface area contributed by atoms with Crippen molar-refractivity contribution in [2.45, 2.75) is 51.4 Å². The highest BCUT2D eigenvalue weighted by Crippen LogP contribution is 2.01. The fraction of sp³-hybridized carbons (Fsp3) is 0.800. The van der Waals surface area contributed by atoms with E-state index in [4.69, 9.17) is 5.73 Å². The largest absolute Gasteiger partial charge is 0.368 e. The molecule has 0 aliphatic carbocycles. The Bertz CT molecular complexity index is 335. The van der Waals surface area contributed by atoms with Crippen LogP contribution < -0.4 is 21.7 Å². The third kappa shape index (κ3) is 14.8. The van der Waals surface area contributed by atoms with Crippen LogP contribution in [-0.4, -0.2) is 44.4 Å². The van der Waals surface area contributed by atoms with Crippen molar-refractivity contribution in [3.63, 3.8) is 0 Å². The lowest BCUT2D eigenvalue weighted by atomic mass is 10.1. The van der Waals surface area contributed by atoms with E-state index in [9.17, 15) is 14.4 Å². The van der Waals surface area contributed by atoms with Gasteiger partial charge in [0.2, 0.25) is 17.7 Å². The van der Waals surface area contributed by atoms with Crippen LogP contribution in [0.3, 0.4) is 0 Å². The Balaban J connectivity index is 3.32. The zero-order valence-corrected chi connectivity index (χ0v) is 13.6. The third-order valence-electron chi connectivity index (χ3n) is 3.19. The van der Waals surface area contributed by atoms with Crippen LogP contribution in [0, 0.1) is 0 Å². The van der Waals surface area contributed by atoms with E-state index in [0.29, 0.717) is 19.4 Å². The van der Waals surface area contributed by atoms with Crippen LogP contribution in [0.25, 0.3) is 0 Å². The minimum atomic E-state index is -0.540. The number of amides is 3. The topological polar surface area (TPSA) is 113 Å². The summed E-state index contributed by atoms with van der Waals surface area (Å²) in [5.41, 5.74) is 4.93. The number of carbonyl (C=O) groups excluding carboxylic acids is 3. The van der Waals surface area contributed by atoms with Gasteiger partial charge in [0, 0.05) is 19.4 Å². The summed E-state index contributed by atoms with van der Waals surface area (Å²) < 4.78 is 0. The van der Waals surface area contributed by atoms with E-state index < -0.39 is 5.91 Å². The first-order valence-corrected chi connectivity index (χ1v) is 8.02. The maximum atomic E-state index is 11.5. The maximum Gasteiger partial charge on any atom is 0.236 e. The van der Waals surface area contributed by atoms with Crippen molar-refractivity contribution in [2.24, 2.45) is 5.73 Å². The average Bonchev–Trinajstić information content (AvgIpc) is 2.48. The number of nitrogens with one attached hydrogen (secondary N) is 3. The molecule has 0 atom stereocenters. The normalized spacial score (nSPS) is 10.2. The van der Waals surface area contributed by atoms with Gasteiger partial charge < -0.3 is 21.7 Å². The Morgan fingerprint density at radius 2 is 1.32 bits per heavy atom. The van der Waals surface area contributed by atoms with Gasteiger partial charge in [0.1, 0.15) is 0 Å². The highest BCUT2D eigenvalue weighted by atomic mass is 16.2. The molecular formula is C15H30N4O3. The van der Waals surface area contributed by atoms with E-state index in [1.165, 1.54) is 0 Å². The van der Waals surface area contributed by atoms with Crippen LogP contribution in [-0.2, 0) is 14.4 Å². The fourth-order valence-corrected chi connectivity index (χ4v) is 1.94. The van der Waals surface area contributed by atoms with Crippen LogP contribution in [0.1, 0.15) is 51.4 Å². The molecule has 0 fully saturated rings. The van der Waals surface area contributed by atoms with E-state index in [1.54, 1.807) is 0 Å². The molecule has 0 aromatic heterocycles. The summed E-state index contributed by atoms with van der Waals surface area (Å²) in [6, 6.07) is 0. The lowest BCUT2D eigenvalue weighted by Gasteiger charge is -2.06. The number of hydrogen-bond acceptors (Lipinski definition) is 4. The molecule has 0 spiro atoms. The summed E-state index contributed by atoms with van der Waals surface area (Å²) in [6.45, 7) is 1.54. The van der Waals surface area contributed by atoms with Gasteiger partial charge in [0.25, 0.3) is 0 Å². The number of carbonyl (C=O) groups is 3. The maximum absolute atomic E-state index is 11.5. The Morgan fingerprint density at radius 3 is 1.86 bits per heavy atom. The molecule has 7 nitrogen and oxygen atoms in total. The van der Waals surface area contributed by atoms with Gasteiger partial charge in [-0.1, -0.05) is 12.8 Å². The molecular weight excluding hydrogens is 284 g/mol. The Hall–Kier alpha value is -1.63. The van der Waals surface area contributed by atoms with Gasteiger partial charge in [-0.15, -0.1) is 0 Å². The summed E-state index contributed by atoms with van der Waals surface area (Å²) in [6.07, 6.45) is 6.52. The lowest BCUT2D eigenvalue weighted by Crippen LogP contribution is -2.33. The second-order valence-electron chi connectivity index (χ2n) is 5.32. The predicted molar refractivity (Wildman–Crippen MR) is 86.1 cm³/mol. The first-order chi connectivity index (χ1) is 10.6. The first kappa shape index (κ1) is 20.4. The van der Waals surface area contributed by atoms with Gasteiger partial charge in [-0.05, 0) is 39.3 Å². The summed E-state index contributed by atoms with van der Waals surface area (Å²) in [4.78, 5) is 33.3.